The number of sulfonamides is 1. The van der Waals surface area contributed by atoms with Crippen LogP contribution in [0.3, 0.4) is 0 Å². The number of nitrogens with one attached hydrogen (secondary N) is 1. The van der Waals surface area contributed by atoms with Gasteiger partial charge in [0, 0.05) is 25.1 Å². The summed E-state index contributed by atoms with van der Waals surface area (Å²) in [7, 11) is -4.31. The van der Waals surface area contributed by atoms with E-state index in [0.29, 0.717) is 36.5 Å². The molecule has 0 amide bonds. The molecule has 1 atom stereocenters. The third kappa shape index (κ3) is 7.21. The molecule has 40 heavy (non-hydrogen) atoms. The van der Waals surface area contributed by atoms with E-state index in [0.717, 1.165) is 18.6 Å². The second kappa shape index (κ2) is 12.0. The van der Waals surface area contributed by atoms with Gasteiger partial charge >= 0.3 is 12.1 Å². The van der Waals surface area contributed by atoms with E-state index in [-0.39, 0.29) is 28.9 Å². The molecule has 1 unspecified atom stereocenters. The Morgan fingerprint density at radius 1 is 1.20 bits per heavy atom. The van der Waals surface area contributed by atoms with Crippen molar-refractivity contribution < 1.29 is 31.5 Å². The monoisotopic (exact) mass is 580 g/mol. The van der Waals surface area contributed by atoms with Crippen LogP contribution in [0.2, 0.25) is 0 Å². The summed E-state index contributed by atoms with van der Waals surface area (Å²) in [4.78, 5) is 21.3. The molecule has 0 radical (unpaired) electrons. The second-order valence-electron chi connectivity index (χ2n) is 10.7. The van der Waals surface area contributed by atoms with Crippen molar-refractivity contribution in [2.24, 2.45) is 16.3 Å². The molecule has 0 aliphatic carbocycles. The lowest BCUT2D eigenvalue weighted by Gasteiger charge is -2.36. The number of hydrogen-bond acceptors (Lipinski definition) is 6. The molecule has 3 rings (SSSR count). The highest BCUT2D eigenvalue weighted by Gasteiger charge is 2.55. The number of aromatic nitrogens is 1. The highest BCUT2D eigenvalue weighted by molar-refractivity contribution is 7.89. The van der Waals surface area contributed by atoms with Crippen LogP contribution in [0.1, 0.15) is 56.7 Å². The zero-order chi connectivity index (χ0) is 29.9. The molecule has 0 bridgehead atoms. The molecule has 0 fully saturated rings. The van der Waals surface area contributed by atoms with Gasteiger partial charge in [-0.15, -0.1) is 0 Å². The lowest BCUT2D eigenvalue weighted by Crippen LogP contribution is -2.45. The fourth-order valence-corrected chi connectivity index (χ4v) is 5.41. The maximum absolute atomic E-state index is 14.3. The van der Waals surface area contributed by atoms with E-state index in [1.807, 2.05) is 18.7 Å². The van der Waals surface area contributed by atoms with E-state index in [1.165, 1.54) is 12.1 Å². The summed E-state index contributed by atoms with van der Waals surface area (Å²) in [5, 5.41) is 8.65. The zero-order valence-electron chi connectivity index (χ0n) is 23.2. The molecule has 12 heteroatoms. The van der Waals surface area contributed by atoms with Crippen molar-refractivity contribution in [3.8, 4) is 0 Å². The fraction of sp³-hybridized carbons (Fsp3) is 0.464. The third-order valence-corrected chi connectivity index (χ3v) is 7.94. The average Bonchev–Trinajstić information content (AvgIpc) is 2.85. The minimum absolute atomic E-state index is 0.0418. The fourth-order valence-electron chi connectivity index (χ4n) is 4.43. The summed E-state index contributed by atoms with van der Waals surface area (Å²) in [6, 6.07) is 9.55. The summed E-state index contributed by atoms with van der Waals surface area (Å²) in [6.07, 6.45) is -3.68. The van der Waals surface area contributed by atoms with Crippen LogP contribution in [0.15, 0.2) is 58.3 Å². The number of alkyl halides is 3. The first-order valence-corrected chi connectivity index (χ1v) is 14.4. The number of hydrogen-bond donors (Lipinski definition) is 2. The van der Waals surface area contributed by atoms with Gasteiger partial charge in [-0.05, 0) is 69.4 Å². The van der Waals surface area contributed by atoms with Crippen LogP contribution in [-0.4, -0.2) is 49.5 Å². The Bertz CT molecular complexity index is 1420. The number of benzene rings is 1. The number of halogens is 3. The molecule has 2 N–H and O–H groups in total. The Kier molecular flexibility index (Phi) is 9.33. The van der Waals surface area contributed by atoms with Crippen LogP contribution >= 0.6 is 0 Å². The Labute approximate surface area is 233 Å². The average molecular weight is 581 g/mol. The van der Waals surface area contributed by atoms with Gasteiger partial charge in [0.25, 0.3) is 10.0 Å². The quantitative estimate of drug-likeness (QED) is 0.358. The van der Waals surface area contributed by atoms with Crippen LogP contribution in [-0.2, 0) is 14.8 Å². The number of aliphatic carboxylic acids is 1. The van der Waals surface area contributed by atoms with Gasteiger partial charge in [-0.3, -0.25) is 9.52 Å². The molecule has 0 saturated heterocycles. The number of carboxylic acids is 1. The molecule has 218 valence electrons. The summed E-state index contributed by atoms with van der Waals surface area (Å²) < 4.78 is 71.8. The molecule has 1 aromatic heterocycles. The van der Waals surface area contributed by atoms with Crippen molar-refractivity contribution in [1.82, 2.24) is 9.71 Å². The van der Waals surface area contributed by atoms with Crippen molar-refractivity contribution in [2.75, 3.05) is 18.0 Å². The minimum atomic E-state index is -4.63. The SMILES string of the molecule is Cc1ccc(C)c(C2=NC(NS(=O)(=O)c3cccc(N(CCCC(=O)O)CC(C)C)n3)=CCC2(C)C(F)(F)F)c1. The predicted octanol–water partition coefficient (Wildman–Crippen LogP) is 5.61. The van der Waals surface area contributed by atoms with Crippen molar-refractivity contribution in [3.05, 3.63) is 65.0 Å². The number of carbonyl (C=O) groups is 1. The van der Waals surface area contributed by atoms with Gasteiger partial charge in [-0.1, -0.05) is 37.6 Å². The van der Waals surface area contributed by atoms with Gasteiger partial charge in [-0.2, -0.15) is 21.6 Å². The van der Waals surface area contributed by atoms with Gasteiger partial charge in [0.1, 0.15) is 17.1 Å². The van der Waals surface area contributed by atoms with Crippen LogP contribution in [0, 0.1) is 25.2 Å². The third-order valence-electron chi connectivity index (χ3n) is 6.68. The highest BCUT2D eigenvalue weighted by atomic mass is 32.2. The van der Waals surface area contributed by atoms with Crippen LogP contribution in [0.25, 0.3) is 0 Å². The standard InChI is InChI=1S/C28H35F3N4O4S/c1-18(2)17-35(15-7-10-25(36)37)23-8-6-9-24(33-23)40(38,39)34-22-13-14-27(5,28(29,30)31)26(32-22)21-16-19(3)11-12-20(21)4/h6,8-9,11-13,16,18,34H,7,10,14-15,17H2,1-5H3,(H,36,37). The number of anilines is 1. The Morgan fingerprint density at radius 3 is 2.52 bits per heavy atom. The lowest BCUT2D eigenvalue weighted by molar-refractivity contribution is -0.191. The normalized spacial score (nSPS) is 17.8. The second-order valence-corrected chi connectivity index (χ2v) is 12.3. The van der Waals surface area contributed by atoms with Gasteiger partial charge in [-0.25, -0.2) is 9.98 Å². The van der Waals surface area contributed by atoms with E-state index >= 15 is 0 Å². The molecule has 0 saturated carbocycles. The lowest BCUT2D eigenvalue weighted by atomic mass is 9.75. The molecule has 1 aromatic carbocycles. The van der Waals surface area contributed by atoms with Gasteiger partial charge in [0.05, 0.1) is 5.71 Å². The van der Waals surface area contributed by atoms with Crippen molar-refractivity contribution in [2.45, 2.75) is 65.1 Å². The number of aryl methyl sites for hydroxylation is 2. The number of allylic oxidation sites excluding steroid dienone is 1. The number of rotatable bonds is 11. The molecular formula is C28H35F3N4O4S. The molecule has 2 heterocycles. The van der Waals surface area contributed by atoms with Crippen LogP contribution < -0.4 is 9.62 Å². The van der Waals surface area contributed by atoms with E-state index in [1.54, 1.807) is 38.1 Å². The maximum atomic E-state index is 14.3. The first-order chi connectivity index (χ1) is 18.5. The molecule has 0 spiro atoms. The Hall–Kier alpha value is -3.41. The molecule has 2 aromatic rings. The summed E-state index contributed by atoms with van der Waals surface area (Å²) in [6.45, 7) is 9.34. The number of carboxylic acid groups (broad SMARTS) is 1. The van der Waals surface area contributed by atoms with Crippen LogP contribution in [0.5, 0.6) is 0 Å². The first kappa shape index (κ1) is 31.1. The number of nitrogens with zero attached hydrogens (tertiary/aromatic N) is 3. The van der Waals surface area contributed by atoms with Gasteiger partial charge in [0.2, 0.25) is 0 Å². The topological polar surface area (TPSA) is 112 Å². The number of pyridine rings is 1. The molecule has 8 nitrogen and oxygen atoms in total. The summed E-state index contributed by atoms with van der Waals surface area (Å²) in [5.74, 6) is -0.603. The van der Waals surface area contributed by atoms with Crippen LogP contribution in [0.4, 0.5) is 19.0 Å². The first-order valence-electron chi connectivity index (χ1n) is 12.9. The van der Waals surface area contributed by atoms with Crippen molar-refractivity contribution in [3.63, 3.8) is 0 Å². The highest BCUT2D eigenvalue weighted by Crippen LogP contribution is 2.46. The maximum Gasteiger partial charge on any atom is 0.400 e. The Morgan fingerprint density at radius 2 is 1.90 bits per heavy atom. The van der Waals surface area contributed by atoms with Crippen molar-refractivity contribution in [1.29, 1.82) is 0 Å². The van der Waals surface area contributed by atoms with E-state index in [9.17, 15) is 26.4 Å². The Balaban J connectivity index is 1.96. The predicted molar refractivity (Wildman–Crippen MR) is 148 cm³/mol. The van der Waals surface area contributed by atoms with E-state index in [4.69, 9.17) is 5.11 Å². The largest absolute Gasteiger partial charge is 0.481 e. The van der Waals surface area contributed by atoms with Gasteiger partial charge in [0.15, 0.2) is 5.03 Å². The summed E-state index contributed by atoms with van der Waals surface area (Å²) >= 11 is 0. The van der Waals surface area contributed by atoms with E-state index in [2.05, 4.69) is 14.7 Å². The summed E-state index contributed by atoms with van der Waals surface area (Å²) in [5.41, 5.74) is -0.933. The van der Waals surface area contributed by atoms with E-state index < -0.39 is 34.0 Å². The minimum Gasteiger partial charge on any atom is -0.481 e. The zero-order valence-corrected chi connectivity index (χ0v) is 24.0. The van der Waals surface area contributed by atoms with Crippen molar-refractivity contribution >= 4 is 27.5 Å². The van der Waals surface area contributed by atoms with Gasteiger partial charge < -0.3 is 10.0 Å². The molecule has 1 aliphatic heterocycles. The number of aliphatic imine (C=N–C) groups is 1. The smallest absolute Gasteiger partial charge is 0.400 e. The molecule has 1 aliphatic rings. The molecular weight excluding hydrogens is 545 g/mol.